The number of nitrogens with one attached hydrogen (secondary N) is 1. The third-order valence-corrected chi connectivity index (χ3v) is 3.93. The Morgan fingerprint density at radius 3 is 2.87 bits per heavy atom. The largest absolute Gasteiger partial charge is 0.387 e. The number of aliphatic imine (C=N–C) groups is 1. The molecule has 0 heterocycles. The zero-order valence-electron chi connectivity index (χ0n) is 12.8. The van der Waals surface area contributed by atoms with Crippen LogP contribution < -0.4 is 5.73 Å². The van der Waals surface area contributed by atoms with Gasteiger partial charge in [0.2, 0.25) is 5.91 Å². The molecule has 0 aromatic rings. The van der Waals surface area contributed by atoms with E-state index < -0.39 is 23.8 Å². The maximum Gasteiger partial charge on any atom is 0.246 e. The third kappa shape index (κ3) is 4.31. The minimum atomic E-state index is -1.50. The van der Waals surface area contributed by atoms with Gasteiger partial charge >= 0.3 is 0 Å². The first kappa shape index (κ1) is 17.0. The van der Waals surface area contributed by atoms with Gasteiger partial charge < -0.3 is 5.73 Å². The molecule has 4 nitrogen and oxygen atoms in total. The van der Waals surface area contributed by atoms with Crippen LogP contribution in [0.2, 0.25) is 0 Å². The number of carbonyl (C=O) groups excluding carboxylic acids is 1. The summed E-state index contributed by atoms with van der Waals surface area (Å²) >= 11 is 0. The molecule has 0 saturated heterocycles. The van der Waals surface area contributed by atoms with Crippen LogP contribution in [-0.4, -0.2) is 24.1 Å². The lowest BCUT2D eigenvalue weighted by Gasteiger charge is -2.21. The fraction of sp³-hybridized carbons (Fsp3) is 0.353. The molecule has 3 unspecified atom stereocenters. The number of allylic oxidation sites excluding steroid dienone is 7. The van der Waals surface area contributed by atoms with Gasteiger partial charge in [0.25, 0.3) is 0 Å². The number of nitrogens with zero attached hydrogens (tertiary/aromatic N) is 1. The summed E-state index contributed by atoms with van der Waals surface area (Å²) in [7, 11) is 0. The van der Waals surface area contributed by atoms with Crippen LogP contribution in [0, 0.1) is 17.2 Å². The van der Waals surface area contributed by atoms with Crippen molar-refractivity contribution < 1.29 is 13.6 Å². The highest BCUT2D eigenvalue weighted by Crippen LogP contribution is 2.31. The molecule has 0 aromatic heterocycles. The molecule has 0 fully saturated rings. The first-order valence-electron chi connectivity index (χ1n) is 7.35. The molecular formula is C17H19F2N3O. The van der Waals surface area contributed by atoms with Gasteiger partial charge in [-0.25, -0.2) is 13.8 Å². The van der Waals surface area contributed by atoms with Crippen molar-refractivity contribution in [2.45, 2.75) is 25.9 Å². The zero-order valence-corrected chi connectivity index (χ0v) is 12.8. The predicted molar refractivity (Wildman–Crippen MR) is 86.7 cm³/mol. The van der Waals surface area contributed by atoms with Crippen molar-refractivity contribution in [3.8, 4) is 0 Å². The molecule has 0 bridgehead atoms. The van der Waals surface area contributed by atoms with Crippen LogP contribution in [0.3, 0.4) is 0 Å². The Labute approximate surface area is 133 Å². The standard InChI is InChI=1S/C17H19F2N3O/c1-10-2-7-14(18)13(16(10)19)8-15(23)22-9-11-3-5-12(6-4-11)17(20)21/h2-5,7,9,12-13,16H,6,8H2,1H3,(H3,20,21). The van der Waals surface area contributed by atoms with Crippen LogP contribution in [0.15, 0.2) is 52.3 Å². The van der Waals surface area contributed by atoms with Crippen molar-refractivity contribution in [2.24, 2.45) is 22.6 Å². The van der Waals surface area contributed by atoms with Crippen LogP contribution in [-0.2, 0) is 4.79 Å². The predicted octanol–water partition coefficient (Wildman–Crippen LogP) is 3.18. The van der Waals surface area contributed by atoms with Crippen molar-refractivity contribution >= 4 is 18.0 Å². The van der Waals surface area contributed by atoms with E-state index in [1.807, 2.05) is 6.08 Å². The van der Waals surface area contributed by atoms with Gasteiger partial charge in [-0.3, -0.25) is 10.2 Å². The SMILES string of the molecule is CC1=CC=C(F)C(CC(=O)N=CC2=CCC(C(=N)N)C=C2)C1F. The van der Waals surface area contributed by atoms with E-state index in [0.717, 1.165) is 0 Å². The minimum Gasteiger partial charge on any atom is -0.387 e. The van der Waals surface area contributed by atoms with Crippen LogP contribution >= 0.6 is 0 Å². The van der Waals surface area contributed by atoms with Gasteiger partial charge in [-0.05, 0) is 30.6 Å². The van der Waals surface area contributed by atoms with Gasteiger partial charge in [0.15, 0.2) is 0 Å². The summed E-state index contributed by atoms with van der Waals surface area (Å²) in [5.41, 5.74) is 6.53. The van der Waals surface area contributed by atoms with Crippen LogP contribution in [0.1, 0.15) is 19.8 Å². The molecule has 6 heteroatoms. The maximum atomic E-state index is 14.0. The Kier molecular flexibility index (Phi) is 5.36. The number of rotatable bonds is 4. The number of alkyl halides is 1. The number of hydrogen-bond acceptors (Lipinski definition) is 2. The third-order valence-electron chi connectivity index (χ3n) is 3.93. The fourth-order valence-electron chi connectivity index (χ4n) is 2.44. The first-order chi connectivity index (χ1) is 10.9. The number of halogens is 2. The Hall–Kier alpha value is -2.37. The molecule has 23 heavy (non-hydrogen) atoms. The molecule has 2 aliphatic carbocycles. The van der Waals surface area contributed by atoms with Crippen molar-refractivity contribution in [3.05, 3.63) is 47.4 Å². The van der Waals surface area contributed by atoms with Crippen molar-refractivity contribution in [2.75, 3.05) is 0 Å². The highest BCUT2D eigenvalue weighted by atomic mass is 19.1. The number of carbonyl (C=O) groups is 1. The average molecular weight is 319 g/mol. The molecule has 1 amide bonds. The maximum absolute atomic E-state index is 14.0. The van der Waals surface area contributed by atoms with E-state index in [-0.39, 0.29) is 18.2 Å². The summed E-state index contributed by atoms with van der Waals surface area (Å²) < 4.78 is 27.6. The van der Waals surface area contributed by atoms with E-state index in [2.05, 4.69) is 4.99 Å². The number of amides is 1. The molecule has 0 aliphatic heterocycles. The summed E-state index contributed by atoms with van der Waals surface area (Å²) in [6.45, 7) is 1.57. The fourth-order valence-corrected chi connectivity index (χ4v) is 2.44. The lowest BCUT2D eigenvalue weighted by atomic mass is 9.89. The normalized spacial score (nSPS) is 27.4. The monoisotopic (exact) mass is 319 g/mol. The smallest absolute Gasteiger partial charge is 0.246 e. The van der Waals surface area contributed by atoms with Crippen LogP contribution in [0.4, 0.5) is 8.78 Å². The minimum absolute atomic E-state index is 0.0848. The Balaban J connectivity index is 1.93. The van der Waals surface area contributed by atoms with Gasteiger partial charge in [0.1, 0.15) is 12.0 Å². The molecule has 2 aliphatic rings. The summed E-state index contributed by atoms with van der Waals surface area (Å²) in [6, 6.07) is 0. The molecule has 0 radical (unpaired) electrons. The van der Waals surface area contributed by atoms with Gasteiger partial charge in [0.05, 0.1) is 11.8 Å². The highest BCUT2D eigenvalue weighted by Gasteiger charge is 2.31. The molecular weight excluding hydrogens is 300 g/mol. The van der Waals surface area contributed by atoms with Gasteiger partial charge in [-0.15, -0.1) is 0 Å². The quantitative estimate of drug-likeness (QED) is 0.616. The van der Waals surface area contributed by atoms with Crippen molar-refractivity contribution in [3.63, 3.8) is 0 Å². The van der Waals surface area contributed by atoms with E-state index in [1.165, 1.54) is 18.4 Å². The molecule has 2 rings (SSSR count). The molecule has 122 valence electrons. The molecule has 0 aromatic carbocycles. The molecule has 0 saturated carbocycles. The Bertz CT molecular complexity index is 659. The second-order valence-corrected chi connectivity index (χ2v) is 5.69. The Morgan fingerprint density at radius 2 is 2.26 bits per heavy atom. The van der Waals surface area contributed by atoms with E-state index >= 15 is 0 Å². The molecule has 3 atom stereocenters. The summed E-state index contributed by atoms with van der Waals surface area (Å²) in [5, 5.41) is 7.35. The second kappa shape index (κ2) is 7.26. The second-order valence-electron chi connectivity index (χ2n) is 5.69. The summed E-state index contributed by atoms with van der Waals surface area (Å²) in [4.78, 5) is 15.6. The molecule has 3 N–H and O–H groups in total. The van der Waals surface area contributed by atoms with Gasteiger partial charge in [-0.2, -0.15) is 0 Å². The van der Waals surface area contributed by atoms with Gasteiger partial charge in [0, 0.05) is 18.6 Å². The Morgan fingerprint density at radius 1 is 1.52 bits per heavy atom. The highest BCUT2D eigenvalue weighted by molar-refractivity contribution is 5.94. The lowest BCUT2D eigenvalue weighted by Crippen LogP contribution is -2.23. The lowest BCUT2D eigenvalue weighted by molar-refractivity contribution is -0.118. The van der Waals surface area contributed by atoms with E-state index in [0.29, 0.717) is 17.6 Å². The average Bonchev–Trinajstić information content (AvgIpc) is 2.53. The van der Waals surface area contributed by atoms with Crippen molar-refractivity contribution in [1.82, 2.24) is 0 Å². The summed E-state index contributed by atoms with van der Waals surface area (Å²) in [6.07, 6.45) is 8.01. The number of nitrogens with two attached hydrogens (primary N) is 1. The van der Waals surface area contributed by atoms with Crippen LogP contribution in [0.25, 0.3) is 0 Å². The number of amidine groups is 1. The van der Waals surface area contributed by atoms with E-state index in [1.54, 1.807) is 19.1 Å². The zero-order chi connectivity index (χ0) is 17.0. The first-order valence-corrected chi connectivity index (χ1v) is 7.35. The van der Waals surface area contributed by atoms with Gasteiger partial charge in [-0.1, -0.05) is 24.3 Å². The van der Waals surface area contributed by atoms with E-state index in [4.69, 9.17) is 11.1 Å². The van der Waals surface area contributed by atoms with Crippen molar-refractivity contribution in [1.29, 1.82) is 5.41 Å². The molecule has 0 spiro atoms. The topological polar surface area (TPSA) is 79.3 Å². The van der Waals surface area contributed by atoms with Crippen LogP contribution in [0.5, 0.6) is 0 Å². The number of hydrogen-bond donors (Lipinski definition) is 2. The summed E-state index contributed by atoms with van der Waals surface area (Å²) in [5.74, 6) is -2.35. The van der Waals surface area contributed by atoms with E-state index in [9.17, 15) is 13.6 Å².